The lowest BCUT2D eigenvalue weighted by Gasteiger charge is -2.24. The maximum atomic E-state index is 12.3. The zero-order valence-corrected chi connectivity index (χ0v) is 11.4. The van der Waals surface area contributed by atoms with E-state index in [-0.39, 0.29) is 11.8 Å². The number of carbonyl (C=O) groups is 2. The SMILES string of the molecule is O=C(O)C1C2CCCC2CN1C(=O)Cc1cccs1. The fourth-order valence-corrected chi connectivity index (χ4v) is 4.24. The Morgan fingerprint density at radius 2 is 2.26 bits per heavy atom. The number of hydrogen-bond donors (Lipinski definition) is 1. The molecule has 4 nitrogen and oxygen atoms in total. The van der Waals surface area contributed by atoms with Crippen molar-refractivity contribution in [2.45, 2.75) is 31.7 Å². The summed E-state index contributed by atoms with van der Waals surface area (Å²) < 4.78 is 0. The van der Waals surface area contributed by atoms with Gasteiger partial charge in [-0.05, 0) is 36.1 Å². The second-order valence-corrected chi connectivity index (χ2v) is 6.47. The van der Waals surface area contributed by atoms with Crippen molar-refractivity contribution < 1.29 is 14.7 Å². The number of carboxylic acids is 1. The molecular weight excluding hydrogens is 262 g/mol. The highest BCUT2D eigenvalue weighted by molar-refractivity contribution is 7.10. The number of hydrogen-bond acceptors (Lipinski definition) is 3. The van der Waals surface area contributed by atoms with Crippen LogP contribution in [0.4, 0.5) is 0 Å². The van der Waals surface area contributed by atoms with E-state index in [1.165, 1.54) is 0 Å². The van der Waals surface area contributed by atoms with E-state index in [0.717, 1.165) is 24.1 Å². The number of carbonyl (C=O) groups excluding carboxylic acids is 1. The van der Waals surface area contributed by atoms with Gasteiger partial charge in [-0.1, -0.05) is 12.5 Å². The topological polar surface area (TPSA) is 57.6 Å². The summed E-state index contributed by atoms with van der Waals surface area (Å²) in [5.74, 6) is -0.309. The van der Waals surface area contributed by atoms with Crippen molar-refractivity contribution in [2.24, 2.45) is 11.8 Å². The zero-order chi connectivity index (χ0) is 13.4. The first-order valence-electron chi connectivity index (χ1n) is 6.71. The summed E-state index contributed by atoms with van der Waals surface area (Å²) in [5.41, 5.74) is 0. The van der Waals surface area contributed by atoms with Crippen molar-refractivity contribution in [1.82, 2.24) is 4.90 Å². The van der Waals surface area contributed by atoms with Crippen LogP contribution in [0.25, 0.3) is 0 Å². The lowest BCUT2D eigenvalue weighted by molar-refractivity contribution is -0.149. The normalized spacial score (nSPS) is 29.5. The van der Waals surface area contributed by atoms with Gasteiger partial charge in [-0.25, -0.2) is 4.79 Å². The lowest BCUT2D eigenvalue weighted by atomic mass is 9.94. The molecular formula is C14H17NO3S. The molecule has 1 aliphatic carbocycles. The van der Waals surface area contributed by atoms with Gasteiger partial charge in [0, 0.05) is 11.4 Å². The average Bonchev–Trinajstić information content (AvgIpc) is 3.02. The fourth-order valence-electron chi connectivity index (χ4n) is 3.54. The van der Waals surface area contributed by atoms with Gasteiger partial charge in [0.25, 0.3) is 0 Å². The van der Waals surface area contributed by atoms with Crippen molar-refractivity contribution in [3.05, 3.63) is 22.4 Å². The summed E-state index contributed by atoms with van der Waals surface area (Å²) in [7, 11) is 0. The molecule has 102 valence electrons. The molecule has 1 saturated carbocycles. The highest BCUT2D eigenvalue weighted by atomic mass is 32.1. The Hall–Kier alpha value is -1.36. The fraction of sp³-hybridized carbons (Fsp3) is 0.571. The van der Waals surface area contributed by atoms with Crippen LogP contribution in [0.2, 0.25) is 0 Å². The largest absolute Gasteiger partial charge is 0.480 e. The molecule has 3 unspecified atom stereocenters. The van der Waals surface area contributed by atoms with Crippen LogP contribution < -0.4 is 0 Å². The van der Waals surface area contributed by atoms with Gasteiger partial charge in [0.2, 0.25) is 5.91 Å². The maximum absolute atomic E-state index is 12.3. The van der Waals surface area contributed by atoms with E-state index in [4.69, 9.17) is 0 Å². The van der Waals surface area contributed by atoms with E-state index in [1.807, 2.05) is 17.5 Å². The molecule has 3 atom stereocenters. The van der Waals surface area contributed by atoms with E-state index in [0.29, 0.717) is 18.9 Å². The highest BCUT2D eigenvalue weighted by Crippen LogP contribution is 2.42. The minimum atomic E-state index is -0.839. The van der Waals surface area contributed by atoms with E-state index in [2.05, 4.69) is 0 Å². The summed E-state index contributed by atoms with van der Waals surface area (Å²) in [6, 6.07) is 3.25. The Balaban J connectivity index is 1.76. The molecule has 1 saturated heterocycles. The van der Waals surface area contributed by atoms with Crippen LogP contribution in [0, 0.1) is 11.8 Å². The Bertz CT molecular complexity index is 485. The first-order chi connectivity index (χ1) is 9.16. The van der Waals surface area contributed by atoms with Crippen LogP contribution in [0.3, 0.4) is 0 Å². The van der Waals surface area contributed by atoms with Gasteiger partial charge in [0.15, 0.2) is 0 Å². The lowest BCUT2D eigenvalue weighted by Crippen LogP contribution is -2.43. The molecule has 2 aliphatic rings. The summed E-state index contributed by atoms with van der Waals surface area (Å²) in [5, 5.41) is 11.4. The van der Waals surface area contributed by atoms with Crippen molar-refractivity contribution in [2.75, 3.05) is 6.54 Å². The predicted molar refractivity (Wildman–Crippen MR) is 72.0 cm³/mol. The molecule has 1 aromatic rings. The number of nitrogens with zero attached hydrogens (tertiary/aromatic N) is 1. The number of rotatable bonds is 3. The third kappa shape index (κ3) is 2.27. The van der Waals surface area contributed by atoms with Gasteiger partial charge in [0.05, 0.1) is 6.42 Å². The molecule has 19 heavy (non-hydrogen) atoms. The van der Waals surface area contributed by atoms with Gasteiger partial charge >= 0.3 is 5.97 Å². The van der Waals surface area contributed by atoms with Crippen LogP contribution in [-0.4, -0.2) is 34.5 Å². The van der Waals surface area contributed by atoms with Crippen LogP contribution in [0.5, 0.6) is 0 Å². The van der Waals surface area contributed by atoms with Crippen molar-refractivity contribution in [3.8, 4) is 0 Å². The maximum Gasteiger partial charge on any atom is 0.326 e. The summed E-state index contributed by atoms with van der Waals surface area (Å²) in [6.45, 7) is 0.631. The molecule has 5 heteroatoms. The third-order valence-electron chi connectivity index (χ3n) is 4.37. The van der Waals surface area contributed by atoms with Crippen LogP contribution in [-0.2, 0) is 16.0 Å². The minimum Gasteiger partial charge on any atom is -0.480 e. The van der Waals surface area contributed by atoms with Crippen LogP contribution in [0.1, 0.15) is 24.1 Å². The van der Waals surface area contributed by atoms with Crippen molar-refractivity contribution in [1.29, 1.82) is 0 Å². The molecule has 0 radical (unpaired) electrons. The van der Waals surface area contributed by atoms with Gasteiger partial charge in [0.1, 0.15) is 6.04 Å². The molecule has 1 aliphatic heterocycles. The number of carboxylic acid groups (broad SMARTS) is 1. The Morgan fingerprint density at radius 3 is 2.95 bits per heavy atom. The number of aliphatic carboxylic acids is 1. The van der Waals surface area contributed by atoms with Gasteiger partial charge in [-0.2, -0.15) is 0 Å². The minimum absolute atomic E-state index is 0.0377. The molecule has 2 heterocycles. The summed E-state index contributed by atoms with van der Waals surface area (Å²) in [6.07, 6.45) is 3.45. The smallest absolute Gasteiger partial charge is 0.326 e. The Labute approximate surface area is 116 Å². The molecule has 0 aromatic carbocycles. The first-order valence-corrected chi connectivity index (χ1v) is 7.59. The first kappa shape index (κ1) is 12.7. The van der Waals surface area contributed by atoms with E-state index >= 15 is 0 Å². The highest BCUT2D eigenvalue weighted by Gasteiger charge is 2.49. The Kier molecular flexibility index (Phi) is 3.31. The molecule has 0 spiro atoms. The molecule has 1 aromatic heterocycles. The third-order valence-corrected chi connectivity index (χ3v) is 5.25. The average molecular weight is 279 g/mol. The van der Waals surface area contributed by atoms with Gasteiger partial charge < -0.3 is 10.0 Å². The second kappa shape index (κ2) is 4.96. The number of thiophene rings is 1. The van der Waals surface area contributed by atoms with E-state index < -0.39 is 12.0 Å². The van der Waals surface area contributed by atoms with Crippen molar-refractivity contribution >= 4 is 23.2 Å². The molecule has 0 bridgehead atoms. The van der Waals surface area contributed by atoms with Crippen LogP contribution >= 0.6 is 11.3 Å². The quantitative estimate of drug-likeness (QED) is 0.920. The number of amides is 1. The summed E-state index contributed by atoms with van der Waals surface area (Å²) >= 11 is 1.55. The van der Waals surface area contributed by atoms with Crippen molar-refractivity contribution in [3.63, 3.8) is 0 Å². The van der Waals surface area contributed by atoms with Crippen LogP contribution in [0.15, 0.2) is 17.5 Å². The molecule has 1 amide bonds. The standard InChI is InChI=1S/C14H17NO3S/c16-12(7-10-4-2-6-19-10)15-8-9-3-1-5-11(9)13(15)14(17)18/h2,4,6,9,11,13H,1,3,5,7-8H2,(H,17,18). The molecule has 2 fully saturated rings. The Morgan fingerprint density at radius 1 is 1.42 bits per heavy atom. The predicted octanol–water partition coefficient (Wildman–Crippen LogP) is 2.00. The second-order valence-electron chi connectivity index (χ2n) is 5.44. The molecule has 1 N–H and O–H groups in total. The number of likely N-dealkylation sites (tertiary alicyclic amines) is 1. The van der Waals surface area contributed by atoms with E-state index in [9.17, 15) is 14.7 Å². The zero-order valence-electron chi connectivity index (χ0n) is 10.6. The van der Waals surface area contributed by atoms with Gasteiger partial charge in [-0.3, -0.25) is 4.79 Å². The van der Waals surface area contributed by atoms with Gasteiger partial charge in [-0.15, -0.1) is 11.3 Å². The molecule has 3 rings (SSSR count). The van der Waals surface area contributed by atoms with E-state index in [1.54, 1.807) is 16.2 Å². The number of fused-ring (bicyclic) bond motifs is 1. The monoisotopic (exact) mass is 279 g/mol. The summed E-state index contributed by atoms with van der Waals surface area (Å²) in [4.78, 5) is 26.4.